The fourth-order valence-electron chi connectivity index (χ4n) is 3.16. The molecule has 5 nitrogen and oxygen atoms in total. The summed E-state index contributed by atoms with van der Waals surface area (Å²) < 4.78 is 29.0. The van der Waals surface area contributed by atoms with Crippen LogP contribution < -0.4 is 0 Å². The van der Waals surface area contributed by atoms with Crippen LogP contribution in [0.25, 0.3) is 0 Å². The molecular weight excluding hydrogens is 338 g/mol. The molecule has 1 aliphatic heterocycles. The standard InChI is InChI=1S/C19H29NO4S/c1-25(22,23)18-9-5-13-20(14-11-18)19(21)10-6-15-24-16-12-17-7-3-2-4-8-17/h2-4,7-8,18H,5-6,9-16H2,1H3. The molecule has 1 aromatic rings. The topological polar surface area (TPSA) is 63.7 Å². The minimum absolute atomic E-state index is 0.112. The van der Waals surface area contributed by atoms with Gasteiger partial charge in [-0.2, -0.15) is 0 Å². The SMILES string of the molecule is CS(=O)(=O)C1CCCN(C(=O)CCCOCCc2ccccc2)CC1. The summed E-state index contributed by atoms with van der Waals surface area (Å²) >= 11 is 0. The van der Waals surface area contributed by atoms with Crippen LogP contribution in [0.2, 0.25) is 0 Å². The zero-order valence-electron chi connectivity index (χ0n) is 15.0. The van der Waals surface area contributed by atoms with E-state index in [-0.39, 0.29) is 11.2 Å². The molecule has 1 fully saturated rings. The lowest BCUT2D eigenvalue weighted by atomic mass is 10.2. The Balaban J connectivity index is 1.60. The van der Waals surface area contributed by atoms with Crippen molar-refractivity contribution in [3.8, 4) is 0 Å². The van der Waals surface area contributed by atoms with Crippen LogP contribution in [0, 0.1) is 0 Å². The summed E-state index contributed by atoms with van der Waals surface area (Å²) in [5, 5.41) is -0.299. The van der Waals surface area contributed by atoms with Crippen LogP contribution in [0.4, 0.5) is 0 Å². The Labute approximate surface area is 151 Å². The van der Waals surface area contributed by atoms with E-state index >= 15 is 0 Å². The molecule has 1 saturated heterocycles. The van der Waals surface area contributed by atoms with Crippen LogP contribution in [-0.2, 0) is 25.8 Å². The van der Waals surface area contributed by atoms with Gasteiger partial charge in [-0.3, -0.25) is 4.79 Å². The van der Waals surface area contributed by atoms with Crippen molar-refractivity contribution < 1.29 is 17.9 Å². The summed E-state index contributed by atoms with van der Waals surface area (Å²) in [5.74, 6) is 0.112. The van der Waals surface area contributed by atoms with Gasteiger partial charge in [-0.05, 0) is 37.7 Å². The average molecular weight is 368 g/mol. The minimum atomic E-state index is -3.01. The summed E-state index contributed by atoms with van der Waals surface area (Å²) in [5.41, 5.74) is 1.25. The van der Waals surface area contributed by atoms with Crippen LogP contribution >= 0.6 is 0 Å². The molecule has 0 aromatic heterocycles. The molecule has 6 heteroatoms. The predicted molar refractivity (Wildman–Crippen MR) is 99.3 cm³/mol. The van der Waals surface area contributed by atoms with E-state index in [9.17, 15) is 13.2 Å². The third-order valence-corrected chi connectivity index (χ3v) is 6.37. The number of hydrogen-bond donors (Lipinski definition) is 0. The molecule has 1 aliphatic rings. The van der Waals surface area contributed by atoms with Gasteiger partial charge in [0.2, 0.25) is 5.91 Å². The van der Waals surface area contributed by atoms with Gasteiger partial charge in [0.15, 0.2) is 0 Å². The van der Waals surface area contributed by atoms with Gasteiger partial charge in [0.1, 0.15) is 9.84 Å². The van der Waals surface area contributed by atoms with Gasteiger partial charge in [-0.1, -0.05) is 30.3 Å². The molecular formula is C19H29NO4S. The van der Waals surface area contributed by atoms with E-state index in [2.05, 4.69) is 12.1 Å². The molecule has 0 bridgehead atoms. The number of hydrogen-bond acceptors (Lipinski definition) is 4. The maximum Gasteiger partial charge on any atom is 0.222 e. The van der Waals surface area contributed by atoms with Crippen molar-refractivity contribution in [1.82, 2.24) is 4.90 Å². The number of carbonyl (C=O) groups excluding carboxylic acids is 1. The highest BCUT2D eigenvalue weighted by Gasteiger charge is 2.26. The summed E-state index contributed by atoms with van der Waals surface area (Å²) in [6.45, 7) is 2.46. The van der Waals surface area contributed by atoms with Crippen LogP contribution in [-0.4, -0.2) is 57.0 Å². The predicted octanol–water partition coefficient (Wildman–Crippen LogP) is 2.45. The molecule has 0 radical (unpaired) electrons. The van der Waals surface area contributed by atoms with Gasteiger partial charge in [0.05, 0.1) is 11.9 Å². The highest BCUT2D eigenvalue weighted by Crippen LogP contribution is 2.18. The Kier molecular flexibility index (Phi) is 7.90. The summed E-state index contributed by atoms with van der Waals surface area (Å²) in [4.78, 5) is 14.1. The van der Waals surface area contributed by atoms with Crippen molar-refractivity contribution in [3.63, 3.8) is 0 Å². The molecule has 0 aliphatic carbocycles. The van der Waals surface area contributed by atoms with Gasteiger partial charge in [-0.15, -0.1) is 0 Å². The van der Waals surface area contributed by atoms with Crippen LogP contribution in [0.3, 0.4) is 0 Å². The van der Waals surface area contributed by atoms with E-state index in [0.717, 1.165) is 12.8 Å². The summed E-state index contributed by atoms with van der Waals surface area (Å²) in [6, 6.07) is 10.2. The molecule has 1 aromatic carbocycles. The van der Waals surface area contributed by atoms with E-state index in [1.165, 1.54) is 11.8 Å². The third kappa shape index (κ3) is 7.16. The van der Waals surface area contributed by atoms with Crippen LogP contribution in [0.15, 0.2) is 30.3 Å². The molecule has 2 rings (SSSR count). The molecule has 0 N–H and O–H groups in total. The first-order chi connectivity index (χ1) is 12.0. The summed E-state index contributed by atoms with van der Waals surface area (Å²) in [6.07, 6.45) is 5.32. The zero-order valence-corrected chi connectivity index (χ0v) is 15.8. The monoisotopic (exact) mass is 367 g/mol. The van der Waals surface area contributed by atoms with Crippen molar-refractivity contribution in [2.75, 3.05) is 32.6 Å². The zero-order chi connectivity index (χ0) is 18.1. The first-order valence-electron chi connectivity index (χ1n) is 9.05. The number of benzene rings is 1. The first-order valence-corrected chi connectivity index (χ1v) is 11.0. The fourth-order valence-corrected chi connectivity index (χ4v) is 4.29. The lowest BCUT2D eigenvalue weighted by molar-refractivity contribution is -0.131. The van der Waals surface area contributed by atoms with Gasteiger partial charge in [0.25, 0.3) is 0 Å². The maximum absolute atomic E-state index is 12.3. The second-order valence-corrected chi connectivity index (χ2v) is 9.04. The Morgan fingerprint density at radius 1 is 1.16 bits per heavy atom. The Morgan fingerprint density at radius 3 is 2.64 bits per heavy atom. The second kappa shape index (κ2) is 9.92. The summed E-state index contributed by atoms with van der Waals surface area (Å²) in [7, 11) is -3.01. The highest BCUT2D eigenvalue weighted by molar-refractivity contribution is 7.91. The van der Waals surface area contributed by atoms with Gasteiger partial charge >= 0.3 is 0 Å². The number of likely N-dealkylation sites (tertiary alicyclic amines) is 1. The van der Waals surface area contributed by atoms with E-state index in [4.69, 9.17) is 4.74 Å². The normalized spacial score (nSPS) is 18.8. The van der Waals surface area contributed by atoms with Crippen LogP contribution in [0.5, 0.6) is 0 Å². The Hall–Kier alpha value is -1.40. The number of carbonyl (C=O) groups is 1. The lowest BCUT2D eigenvalue weighted by Gasteiger charge is -2.20. The molecule has 140 valence electrons. The van der Waals surface area contributed by atoms with Gasteiger partial charge in [0, 0.05) is 32.4 Å². The van der Waals surface area contributed by atoms with Crippen molar-refractivity contribution in [2.45, 2.75) is 43.8 Å². The van der Waals surface area contributed by atoms with E-state index < -0.39 is 9.84 Å². The Morgan fingerprint density at radius 2 is 1.92 bits per heavy atom. The molecule has 25 heavy (non-hydrogen) atoms. The van der Waals surface area contributed by atoms with Crippen molar-refractivity contribution in [3.05, 3.63) is 35.9 Å². The smallest absolute Gasteiger partial charge is 0.222 e. The second-order valence-electron chi connectivity index (χ2n) is 6.71. The third-order valence-electron chi connectivity index (χ3n) is 4.69. The minimum Gasteiger partial charge on any atom is -0.381 e. The number of nitrogens with zero attached hydrogens (tertiary/aromatic N) is 1. The van der Waals surface area contributed by atoms with E-state index in [0.29, 0.717) is 52.0 Å². The van der Waals surface area contributed by atoms with E-state index in [1.807, 2.05) is 23.1 Å². The Bertz CT molecular complexity index is 630. The van der Waals surface area contributed by atoms with Crippen molar-refractivity contribution in [2.24, 2.45) is 0 Å². The number of amides is 1. The molecule has 1 atom stereocenters. The molecule has 0 spiro atoms. The molecule has 1 heterocycles. The maximum atomic E-state index is 12.3. The molecule has 1 amide bonds. The average Bonchev–Trinajstić information content (AvgIpc) is 2.85. The quantitative estimate of drug-likeness (QED) is 0.662. The van der Waals surface area contributed by atoms with Gasteiger partial charge in [-0.25, -0.2) is 8.42 Å². The largest absolute Gasteiger partial charge is 0.381 e. The lowest BCUT2D eigenvalue weighted by Crippen LogP contribution is -2.32. The van der Waals surface area contributed by atoms with Crippen molar-refractivity contribution >= 4 is 15.7 Å². The number of rotatable bonds is 8. The number of sulfone groups is 1. The fraction of sp³-hybridized carbons (Fsp3) is 0.632. The van der Waals surface area contributed by atoms with E-state index in [1.54, 1.807) is 0 Å². The first kappa shape index (κ1) is 19.9. The highest BCUT2D eigenvalue weighted by atomic mass is 32.2. The molecule has 1 unspecified atom stereocenters. The van der Waals surface area contributed by atoms with Crippen molar-refractivity contribution in [1.29, 1.82) is 0 Å². The van der Waals surface area contributed by atoms with Crippen LogP contribution in [0.1, 0.15) is 37.7 Å². The van der Waals surface area contributed by atoms with Gasteiger partial charge < -0.3 is 9.64 Å². The molecule has 0 saturated carbocycles. The number of ether oxygens (including phenoxy) is 1.